The summed E-state index contributed by atoms with van der Waals surface area (Å²) >= 11 is 0. The van der Waals surface area contributed by atoms with Gasteiger partial charge in [0.1, 0.15) is 0 Å². The van der Waals surface area contributed by atoms with E-state index in [4.69, 9.17) is 0 Å². The van der Waals surface area contributed by atoms with Crippen molar-refractivity contribution in [2.45, 2.75) is 13.8 Å². The summed E-state index contributed by atoms with van der Waals surface area (Å²) in [5.74, 6) is 0. The molecule has 0 rings (SSSR count). The fourth-order valence-corrected chi connectivity index (χ4v) is 0.675. The third kappa shape index (κ3) is 7.47. The van der Waals surface area contributed by atoms with Gasteiger partial charge in [0.05, 0.1) is 5.41 Å². The predicted molar refractivity (Wildman–Crippen MR) is 37.8 cm³/mol. The smallest absolute Gasteiger partial charge is 0.175 e. The van der Waals surface area contributed by atoms with Crippen molar-refractivity contribution in [1.29, 1.82) is 0 Å². The third-order valence-electron chi connectivity index (χ3n) is 0.562. The van der Waals surface area contributed by atoms with Gasteiger partial charge in [0.25, 0.3) is 0 Å². The van der Waals surface area contributed by atoms with E-state index in [1.807, 2.05) is 0 Å². The van der Waals surface area contributed by atoms with E-state index in [-0.39, 0.29) is 0 Å². The summed E-state index contributed by atoms with van der Waals surface area (Å²) in [6.45, 7) is 3.59. The quantitative estimate of drug-likeness (QED) is 0.519. The van der Waals surface area contributed by atoms with Gasteiger partial charge in [-0.05, 0) is 19.4 Å². The second-order valence-corrected chi connectivity index (χ2v) is 3.99. The Morgan fingerprint density at radius 3 is 2.00 bits per heavy atom. The minimum Gasteiger partial charge on any atom is -0.224 e. The Kier molecular flexibility index (Phi) is 2.68. The van der Waals surface area contributed by atoms with Gasteiger partial charge in [0.2, 0.25) is 0 Å². The van der Waals surface area contributed by atoms with Crippen molar-refractivity contribution in [3.8, 4) is 0 Å². The lowest BCUT2D eigenvalue weighted by atomic mass is 10.4. The van der Waals surface area contributed by atoms with Gasteiger partial charge >= 0.3 is 0 Å². The van der Waals surface area contributed by atoms with E-state index in [0.29, 0.717) is 0 Å². The number of sulfone groups is 1. The van der Waals surface area contributed by atoms with Crippen LogP contribution in [0, 0.1) is 0 Å². The van der Waals surface area contributed by atoms with Crippen LogP contribution < -0.4 is 0 Å². The Morgan fingerprint density at radius 1 is 1.44 bits per heavy atom. The van der Waals surface area contributed by atoms with Crippen LogP contribution in [0.1, 0.15) is 13.8 Å². The van der Waals surface area contributed by atoms with Crippen LogP contribution in [0.25, 0.3) is 0 Å². The fraction of sp³-hybridized carbons (Fsp3) is 0.500. The first-order chi connectivity index (χ1) is 3.92. The first-order valence-corrected chi connectivity index (χ1v) is 4.47. The molecule has 52 valence electrons. The van der Waals surface area contributed by atoms with Crippen molar-refractivity contribution < 1.29 is 8.42 Å². The third-order valence-corrected chi connectivity index (χ3v) is 1.11. The molecule has 0 aliphatic rings. The highest BCUT2D eigenvalue weighted by molar-refractivity contribution is 7.93. The van der Waals surface area contributed by atoms with Crippen molar-refractivity contribution in [1.82, 2.24) is 0 Å². The number of allylic oxidation sites excluding steroid dienone is 1. The minimum absolute atomic E-state index is 0.862. The molecule has 9 heavy (non-hydrogen) atoms. The molecule has 0 bridgehead atoms. The maximum atomic E-state index is 10.4. The van der Waals surface area contributed by atoms with Gasteiger partial charge in [-0.3, -0.25) is 0 Å². The topological polar surface area (TPSA) is 34.1 Å². The van der Waals surface area contributed by atoms with Crippen LogP contribution in [0.5, 0.6) is 0 Å². The summed E-state index contributed by atoms with van der Waals surface area (Å²) in [7, 11) is -2.98. The van der Waals surface area contributed by atoms with Gasteiger partial charge < -0.3 is 0 Å². The van der Waals surface area contributed by atoms with Crippen LogP contribution in [0.3, 0.4) is 0 Å². The average molecular weight is 146 g/mol. The normalized spacial score (nSPS) is 10.1. The number of hydrogen-bond donors (Lipinski definition) is 0. The molecule has 0 aromatic heterocycles. The summed E-state index contributed by atoms with van der Waals surface area (Å²) in [6, 6.07) is 0. The summed E-state index contributed by atoms with van der Waals surface area (Å²) in [6.07, 6.45) is 1.14. The monoisotopic (exact) mass is 146 g/mol. The van der Waals surface area contributed by atoms with E-state index in [0.717, 1.165) is 17.2 Å². The molecule has 0 amide bonds. The lowest BCUT2D eigenvalue weighted by molar-refractivity contribution is 0.610. The molecule has 0 atom stereocenters. The number of rotatable bonds is 1. The molecule has 0 fully saturated rings. The average Bonchev–Trinajstić information content (AvgIpc) is 1.59. The zero-order valence-electron chi connectivity index (χ0n) is 5.80. The minimum atomic E-state index is -2.98. The molecule has 0 aliphatic heterocycles. The Bertz CT molecular complexity index is 236. The lowest BCUT2D eigenvalue weighted by Gasteiger charge is -1.79. The van der Waals surface area contributed by atoms with Crippen LogP contribution in [-0.2, 0) is 9.84 Å². The lowest BCUT2D eigenvalue weighted by Crippen LogP contribution is -1.86. The summed E-state index contributed by atoms with van der Waals surface area (Å²) < 4.78 is 20.8. The molecule has 0 saturated carbocycles. The van der Waals surface area contributed by atoms with E-state index in [1.165, 1.54) is 0 Å². The van der Waals surface area contributed by atoms with Crippen LogP contribution in [-0.4, -0.2) is 14.7 Å². The predicted octanol–water partition coefficient (Wildman–Crippen LogP) is 1.11. The SMILES string of the molecule is CC(C)=C=CS(C)(=O)=O. The van der Waals surface area contributed by atoms with Gasteiger partial charge in [0.15, 0.2) is 9.84 Å². The van der Waals surface area contributed by atoms with Gasteiger partial charge in [-0.15, -0.1) is 5.73 Å². The van der Waals surface area contributed by atoms with Crippen LogP contribution in [0.2, 0.25) is 0 Å². The van der Waals surface area contributed by atoms with Crippen LogP contribution in [0.4, 0.5) is 0 Å². The molecule has 0 radical (unpaired) electrons. The van der Waals surface area contributed by atoms with E-state index in [1.54, 1.807) is 13.8 Å². The fourth-order valence-electron chi connectivity index (χ4n) is 0.225. The van der Waals surface area contributed by atoms with Crippen molar-refractivity contribution in [3.05, 3.63) is 16.7 Å². The molecule has 3 heteroatoms. The second kappa shape index (κ2) is 2.85. The molecule has 0 N–H and O–H groups in total. The molecule has 0 aromatic rings. The maximum absolute atomic E-state index is 10.4. The van der Waals surface area contributed by atoms with Crippen LogP contribution in [0.15, 0.2) is 16.7 Å². The van der Waals surface area contributed by atoms with Crippen LogP contribution >= 0.6 is 0 Å². The van der Waals surface area contributed by atoms with E-state index < -0.39 is 9.84 Å². The van der Waals surface area contributed by atoms with Crippen molar-refractivity contribution >= 4 is 9.84 Å². The second-order valence-electron chi connectivity index (χ2n) is 2.09. The van der Waals surface area contributed by atoms with Crippen molar-refractivity contribution in [3.63, 3.8) is 0 Å². The summed E-state index contributed by atoms with van der Waals surface area (Å²) in [5.41, 5.74) is 3.45. The molecule has 2 nitrogen and oxygen atoms in total. The molecule has 0 aliphatic carbocycles. The molecule has 0 unspecified atom stereocenters. The summed E-state index contributed by atoms with van der Waals surface area (Å²) in [4.78, 5) is 0. The van der Waals surface area contributed by atoms with E-state index >= 15 is 0 Å². The largest absolute Gasteiger partial charge is 0.224 e. The van der Waals surface area contributed by atoms with E-state index in [2.05, 4.69) is 5.73 Å². The molecule has 0 saturated heterocycles. The zero-order chi connectivity index (χ0) is 7.49. The maximum Gasteiger partial charge on any atom is 0.175 e. The molecule has 0 aromatic carbocycles. The Hall–Kier alpha value is -0.530. The van der Waals surface area contributed by atoms with E-state index in [9.17, 15) is 8.42 Å². The molecule has 0 spiro atoms. The highest BCUT2D eigenvalue weighted by Gasteiger charge is 1.88. The van der Waals surface area contributed by atoms with Gasteiger partial charge in [-0.25, -0.2) is 8.42 Å². The number of hydrogen-bond acceptors (Lipinski definition) is 2. The molecular weight excluding hydrogens is 136 g/mol. The Labute approximate surface area is 55.8 Å². The standard InChI is InChI=1S/C6H10O2S/c1-6(2)4-5-9(3,7)8/h5H,1-3H3. The zero-order valence-corrected chi connectivity index (χ0v) is 6.62. The van der Waals surface area contributed by atoms with Gasteiger partial charge in [-0.1, -0.05) is 0 Å². The van der Waals surface area contributed by atoms with Gasteiger partial charge in [0, 0.05) is 6.26 Å². The summed E-state index contributed by atoms with van der Waals surface area (Å²) in [5, 5.41) is 1.07. The Balaban J connectivity index is 4.58. The van der Waals surface area contributed by atoms with Gasteiger partial charge in [-0.2, -0.15) is 0 Å². The highest BCUT2D eigenvalue weighted by Crippen LogP contribution is 1.87. The Morgan fingerprint density at radius 2 is 1.89 bits per heavy atom. The first-order valence-electron chi connectivity index (χ1n) is 2.52. The highest BCUT2D eigenvalue weighted by atomic mass is 32.2. The molecular formula is C6H10O2S. The van der Waals surface area contributed by atoms with Crippen molar-refractivity contribution in [2.75, 3.05) is 6.26 Å². The first kappa shape index (κ1) is 8.47. The van der Waals surface area contributed by atoms with Crippen molar-refractivity contribution in [2.24, 2.45) is 0 Å². The molecule has 0 heterocycles.